The van der Waals surface area contributed by atoms with Crippen LogP contribution in [0.15, 0.2) is 47.4 Å². The summed E-state index contributed by atoms with van der Waals surface area (Å²) in [5, 5.41) is 0. The average molecular weight is 323 g/mol. The first-order valence-electron chi connectivity index (χ1n) is 6.91. The molecule has 0 spiro atoms. The van der Waals surface area contributed by atoms with Crippen LogP contribution >= 0.6 is 0 Å². The summed E-state index contributed by atoms with van der Waals surface area (Å²) in [7, 11) is -3.59. The van der Waals surface area contributed by atoms with E-state index in [1.807, 2.05) is 6.92 Å². The summed E-state index contributed by atoms with van der Waals surface area (Å²) in [6, 6.07) is 9.95. The Kier molecular flexibility index (Phi) is 3.74. The van der Waals surface area contributed by atoms with E-state index >= 15 is 0 Å². The predicted octanol–water partition coefficient (Wildman–Crippen LogP) is 3.11. The van der Waals surface area contributed by atoms with Gasteiger partial charge in [0.15, 0.2) is 11.6 Å². The van der Waals surface area contributed by atoms with Crippen LogP contribution in [0.3, 0.4) is 0 Å². The van der Waals surface area contributed by atoms with Crippen LogP contribution in [0.2, 0.25) is 0 Å². The SMILES string of the molecule is Cc1ccc(S(=O)(=O)NC2CC2c2ccc(F)c(F)c2)cc1. The molecule has 0 aliphatic heterocycles. The maximum absolute atomic E-state index is 13.2. The van der Waals surface area contributed by atoms with E-state index in [9.17, 15) is 17.2 Å². The largest absolute Gasteiger partial charge is 0.240 e. The first-order valence-corrected chi connectivity index (χ1v) is 8.39. The van der Waals surface area contributed by atoms with Gasteiger partial charge >= 0.3 is 0 Å². The third-order valence-electron chi connectivity index (χ3n) is 3.80. The molecule has 1 fully saturated rings. The molecule has 0 amide bonds. The number of sulfonamides is 1. The second-order valence-electron chi connectivity index (χ2n) is 5.56. The fraction of sp³-hybridized carbons (Fsp3) is 0.250. The molecule has 1 aliphatic rings. The van der Waals surface area contributed by atoms with Crippen molar-refractivity contribution in [2.45, 2.75) is 30.2 Å². The Morgan fingerprint density at radius 3 is 2.36 bits per heavy atom. The van der Waals surface area contributed by atoms with Crippen molar-refractivity contribution in [3.8, 4) is 0 Å². The van der Waals surface area contributed by atoms with Gasteiger partial charge in [0.25, 0.3) is 0 Å². The zero-order valence-corrected chi connectivity index (χ0v) is 12.7. The van der Waals surface area contributed by atoms with E-state index in [0.29, 0.717) is 12.0 Å². The molecule has 2 unspecified atom stereocenters. The summed E-state index contributed by atoms with van der Waals surface area (Å²) >= 11 is 0. The quantitative estimate of drug-likeness (QED) is 0.940. The molecule has 1 saturated carbocycles. The molecule has 0 radical (unpaired) electrons. The van der Waals surface area contributed by atoms with Crippen molar-refractivity contribution in [1.82, 2.24) is 4.72 Å². The fourth-order valence-corrected chi connectivity index (χ4v) is 3.71. The van der Waals surface area contributed by atoms with Gasteiger partial charge in [-0.2, -0.15) is 0 Å². The molecule has 0 heterocycles. The number of aryl methyl sites for hydroxylation is 1. The minimum absolute atomic E-state index is 0.115. The number of hydrogen-bond donors (Lipinski definition) is 1. The zero-order valence-electron chi connectivity index (χ0n) is 11.9. The highest BCUT2D eigenvalue weighted by atomic mass is 32.2. The molecule has 6 heteroatoms. The van der Waals surface area contributed by atoms with Crippen LogP contribution in [0.4, 0.5) is 8.78 Å². The Morgan fingerprint density at radius 1 is 1.05 bits per heavy atom. The number of rotatable bonds is 4. The van der Waals surface area contributed by atoms with Crippen LogP contribution in [0, 0.1) is 18.6 Å². The average Bonchev–Trinajstić information content (AvgIpc) is 3.21. The van der Waals surface area contributed by atoms with Gasteiger partial charge in [0.2, 0.25) is 10.0 Å². The number of nitrogens with one attached hydrogen (secondary N) is 1. The lowest BCUT2D eigenvalue weighted by atomic mass is 10.1. The fourth-order valence-electron chi connectivity index (χ4n) is 2.42. The van der Waals surface area contributed by atoms with Gasteiger partial charge < -0.3 is 0 Å². The van der Waals surface area contributed by atoms with Gasteiger partial charge in [-0.05, 0) is 43.2 Å². The molecule has 22 heavy (non-hydrogen) atoms. The molecule has 3 nitrogen and oxygen atoms in total. The van der Waals surface area contributed by atoms with Crippen LogP contribution in [0.1, 0.15) is 23.5 Å². The molecule has 0 saturated heterocycles. The lowest BCUT2D eigenvalue weighted by Gasteiger charge is -2.07. The molecule has 0 bridgehead atoms. The first kappa shape index (κ1) is 15.1. The topological polar surface area (TPSA) is 46.2 Å². The molecular weight excluding hydrogens is 308 g/mol. The second kappa shape index (κ2) is 5.44. The minimum Gasteiger partial charge on any atom is -0.207 e. The van der Waals surface area contributed by atoms with E-state index in [1.54, 1.807) is 24.3 Å². The predicted molar refractivity (Wildman–Crippen MR) is 79.0 cm³/mol. The standard InChI is InChI=1S/C16H15F2NO2S/c1-10-2-5-12(6-3-10)22(20,21)19-16-9-13(16)11-4-7-14(17)15(18)8-11/h2-8,13,16,19H,9H2,1H3. The van der Waals surface area contributed by atoms with Gasteiger partial charge in [0, 0.05) is 12.0 Å². The summed E-state index contributed by atoms with van der Waals surface area (Å²) in [5.41, 5.74) is 1.58. The van der Waals surface area contributed by atoms with Gasteiger partial charge in [0.1, 0.15) is 0 Å². The van der Waals surface area contributed by atoms with Crippen LogP contribution < -0.4 is 4.72 Å². The summed E-state index contributed by atoms with van der Waals surface area (Å²) in [6.07, 6.45) is 0.580. The van der Waals surface area contributed by atoms with Crippen LogP contribution in [0.25, 0.3) is 0 Å². The summed E-state index contributed by atoms with van der Waals surface area (Å²) in [5.74, 6) is -1.93. The molecule has 1 aliphatic carbocycles. The smallest absolute Gasteiger partial charge is 0.207 e. The Morgan fingerprint density at radius 2 is 1.73 bits per heavy atom. The molecule has 1 N–H and O–H groups in total. The van der Waals surface area contributed by atoms with Crippen LogP contribution in [-0.4, -0.2) is 14.5 Å². The highest BCUT2D eigenvalue weighted by molar-refractivity contribution is 7.89. The van der Waals surface area contributed by atoms with E-state index in [1.165, 1.54) is 6.07 Å². The third kappa shape index (κ3) is 3.03. The second-order valence-corrected chi connectivity index (χ2v) is 7.27. The molecule has 2 atom stereocenters. The molecular formula is C16H15F2NO2S. The van der Waals surface area contributed by atoms with E-state index in [0.717, 1.165) is 17.7 Å². The number of hydrogen-bond acceptors (Lipinski definition) is 2. The van der Waals surface area contributed by atoms with Gasteiger partial charge in [-0.3, -0.25) is 0 Å². The minimum atomic E-state index is -3.59. The molecule has 0 aromatic heterocycles. The van der Waals surface area contributed by atoms with Crippen molar-refractivity contribution in [2.24, 2.45) is 0 Å². The number of benzene rings is 2. The summed E-state index contributed by atoms with van der Waals surface area (Å²) in [4.78, 5) is 0.203. The summed E-state index contributed by atoms with van der Waals surface area (Å²) in [6.45, 7) is 1.88. The monoisotopic (exact) mass is 323 g/mol. The first-order chi connectivity index (χ1) is 10.4. The van der Waals surface area contributed by atoms with Crippen molar-refractivity contribution in [3.05, 3.63) is 65.2 Å². The van der Waals surface area contributed by atoms with Crippen molar-refractivity contribution in [3.63, 3.8) is 0 Å². The Balaban J connectivity index is 1.72. The van der Waals surface area contributed by atoms with Crippen LogP contribution in [0.5, 0.6) is 0 Å². The van der Waals surface area contributed by atoms with Crippen molar-refractivity contribution in [1.29, 1.82) is 0 Å². The maximum Gasteiger partial charge on any atom is 0.240 e. The van der Waals surface area contributed by atoms with E-state index in [4.69, 9.17) is 0 Å². The molecule has 2 aromatic carbocycles. The highest BCUT2D eigenvalue weighted by Crippen LogP contribution is 2.41. The molecule has 116 valence electrons. The third-order valence-corrected chi connectivity index (χ3v) is 5.31. The van der Waals surface area contributed by atoms with Gasteiger partial charge in [-0.1, -0.05) is 23.8 Å². The lowest BCUT2D eigenvalue weighted by molar-refractivity contribution is 0.507. The van der Waals surface area contributed by atoms with E-state index in [-0.39, 0.29) is 16.9 Å². The Labute approximate surface area is 128 Å². The zero-order chi connectivity index (χ0) is 15.9. The van der Waals surface area contributed by atoms with E-state index < -0.39 is 21.7 Å². The lowest BCUT2D eigenvalue weighted by Crippen LogP contribution is -2.26. The van der Waals surface area contributed by atoms with Crippen molar-refractivity contribution >= 4 is 10.0 Å². The molecule has 2 aromatic rings. The van der Waals surface area contributed by atoms with Crippen LogP contribution in [-0.2, 0) is 10.0 Å². The van der Waals surface area contributed by atoms with E-state index in [2.05, 4.69) is 4.72 Å². The highest BCUT2D eigenvalue weighted by Gasteiger charge is 2.41. The Hall–Kier alpha value is -1.79. The van der Waals surface area contributed by atoms with Gasteiger partial charge in [0.05, 0.1) is 4.90 Å². The van der Waals surface area contributed by atoms with Gasteiger partial charge in [-0.15, -0.1) is 0 Å². The Bertz CT molecular complexity index is 803. The van der Waals surface area contributed by atoms with Crippen molar-refractivity contribution in [2.75, 3.05) is 0 Å². The summed E-state index contributed by atoms with van der Waals surface area (Å²) < 4.78 is 53.2. The normalized spacial score (nSPS) is 20.9. The number of halogens is 2. The van der Waals surface area contributed by atoms with Gasteiger partial charge in [-0.25, -0.2) is 21.9 Å². The van der Waals surface area contributed by atoms with Crippen molar-refractivity contribution < 1.29 is 17.2 Å². The molecule has 3 rings (SSSR count). The maximum atomic E-state index is 13.2.